The van der Waals surface area contributed by atoms with Gasteiger partial charge >= 0.3 is 0 Å². The summed E-state index contributed by atoms with van der Waals surface area (Å²) in [6.07, 6.45) is 0. The van der Waals surface area contributed by atoms with Gasteiger partial charge < -0.3 is 19.6 Å². The summed E-state index contributed by atoms with van der Waals surface area (Å²) in [5.74, 6) is 0. The first kappa shape index (κ1) is 46.1. The Morgan fingerprint density at radius 1 is 0.128 bits per heavy atom. The highest BCUT2D eigenvalue weighted by molar-refractivity contribution is 6.40. The van der Waals surface area contributed by atoms with Crippen molar-refractivity contribution in [3.8, 4) is 0 Å². The van der Waals surface area contributed by atoms with Crippen molar-refractivity contribution in [1.29, 1.82) is 0 Å². The smallest absolute Gasteiger partial charge is 0.0468 e. The molecule has 78 heavy (non-hydrogen) atoms. The van der Waals surface area contributed by atoms with Gasteiger partial charge in [0.2, 0.25) is 0 Å². The lowest BCUT2D eigenvalue weighted by Gasteiger charge is -2.28. The first-order valence-corrected chi connectivity index (χ1v) is 26.7. The summed E-state index contributed by atoms with van der Waals surface area (Å²) in [5, 5.41) is 11.8. The van der Waals surface area contributed by atoms with Crippen LogP contribution < -0.4 is 19.6 Å². The van der Waals surface area contributed by atoms with Crippen molar-refractivity contribution < 1.29 is 0 Å². The van der Waals surface area contributed by atoms with E-state index in [9.17, 15) is 0 Å². The summed E-state index contributed by atoms with van der Waals surface area (Å²) in [5.41, 5.74) is 13.0. The lowest BCUT2D eigenvalue weighted by atomic mass is 9.86. The van der Waals surface area contributed by atoms with Gasteiger partial charge in [0.1, 0.15) is 0 Å². The topological polar surface area (TPSA) is 13.0 Å². The summed E-state index contributed by atoms with van der Waals surface area (Å²) >= 11 is 0. The average molecular weight is 997 g/mol. The minimum Gasteiger partial charge on any atom is -0.310 e. The van der Waals surface area contributed by atoms with Gasteiger partial charge in [-0.15, -0.1) is 0 Å². The second-order valence-electron chi connectivity index (χ2n) is 19.7. The standard InChI is InChI=1S/C74H52N4/c1-9-25-53(26-10-1)75(54-27-11-2-12-28-54)61-43-47-67-69(49-61)65-45-41-63(77(57-33-17-5-18-34-57)58-35-19-6-20-36-58)51-71(65)74-68-48-44-62(76(55-29-13-3-14-30-55)56-31-15-4-16-32-56)50-70(68)66-46-42-64(52-72(66)73(67)74)78(59-37-21-7-22-38-59)60-39-23-8-24-40-60/h1-52H. The third-order valence-electron chi connectivity index (χ3n) is 15.1. The molecule has 14 rings (SSSR count). The summed E-state index contributed by atoms with van der Waals surface area (Å²) in [6.45, 7) is 0. The monoisotopic (exact) mass is 996 g/mol. The SMILES string of the molecule is c1ccc(N(c2ccccc2)c2ccc3c(c2)c2ccc(N(c4ccccc4)c4ccccc4)cc2c2c4ccc(N(c5ccccc5)c5ccccc5)cc4c4ccc(N(c5ccccc5)c5ccccc5)cc4c32)cc1. The fraction of sp³-hybridized carbons (Fsp3) is 0. The zero-order valence-electron chi connectivity index (χ0n) is 42.8. The first-order chi connectivity index (χ1) is 38.7. The number of hydrogen-bond donors (Lipinski definition) is 0. The van der Waals surface area contributed by atoms with Crippen LogP contribution in [0.5, 0.6) is 0 Å². The maximum Gasteiger partial charge on any atom is 0.0468 e. The normalized spacial score (nSPS) is 11.3. The molecular formula is C74H52N4. The number of benzene rings is 14. The van der Waals surface area contributed by atoms with Gasteiger partial charge in [-0.3, -0.25) is 0 Å². The first-order valence-electron chi connectivity index (χ1n) is 26.7. The van der Waals surface area contributed by atoms with Crippen LogP contribution in [0.25, 0.3) is 53.9 Å². The highest BCUT2D eigenvalue weighted by atomic mass is 15.2. The number of para-hydroxylation sites is 8. The van der Waals surface area contributed by atoms with Crippen LogP contribution in [-0.2, 0) is 0 Å². The van der Waals surface area contributed by atoms with Crippen LogP contribution in [0.1, 0.15) is 0 Å². The van der Waals surface area contributed by atoms with Gasteiger partial charge in [-0.2, -0.15) is 0 Å². The van der Waals surface area contributed by atoms with E-state index in [2.05, 4.69) is 335 Å². The highest BCUT2D eigenvalue weighted by Gasteiger charge is 2.24. The highest BCUT2D eigenvalue weighted by Crippen LogP contribution is 2.50. The summed E-state index contributed by atoms with van der Waals surface area (Å²) < 4.78 is 0. The average Bonchev–Trinajstić information content (AvgIpc) is 3.69. The van der Waals surface area contributed by atoms with Crippen LogP contribution in [0.4, 0.5) is 68.2 Å². The maximum absolute atomic E-state index is 2.44. The van der Waals surface area contributed by atoms with Crippen molar-refractivity contribution in [1.82, 2.24) is 0 Å². The Morgan fingerprint density at radius 2 is 0.308 bits per heavy atom. The van der Waals surface area contributed by atoms with Crippen LogP contribution in [0.3, 0.4) is 0 Å². The van der Waals surface area contributed by atoms with E-state index in [1.54, 1.807) is 0 Å². The van der Waals surface area contributed by atoms with Crippen LogP contribution in [0.15, 0.2) is 315 Å². The van der Waals surface area contributed by atoms with Gasteiger partial charge in [-0.05, 0) is 199 Å². The van der Waals surface area contributed by atoms with Crippen molar-refractivity contribution in [2.24, 2.45) is 0 Å². The summed E-state index contributed by atoms with van der Waals surface area (Å²) in [7, 11) is 0. The van der Waals surface area contributed by atoms with Crippen LogP contribution in [-0.4, -0.2) is 0 Å². The molecular weight excluding hydrogens is 945 g/mol. The van der Waals surface area contributed by atoms with Gasteiger partial charge in [0.15, 0.2) is 0 Å². The Bertz CT molecular complexity index is 3960. The van der Waals surface area contributed by atoms with E-state index < -0.39 is 0 Å². The fourth-order valence-electron chi connectivity index (χ4n) is 11.7. The molecule has 0 aliphatic heterocycles. The molecule has 0 atom stereocenters. The molecule has 0 unspecified atom stereocenters. The van der Waals surface area contributed by atoms with Gasteiger partial charge in [0, 0.05) is 68.2 Å². The molecule has 0 bridgehead atoms. The third-order valence-corrected chi connectivity index (χ3v) is 15.1. The zero-order chi connectivity index (χ0) is 51.8. The summed E-state index contributed by atoms with van der Waals surface area (Å²) in [4.78, 5) is 9.51. The maximum atomic E-state index is 2.44. The Morgan fingerprint density at radius 3 is 0.513 bits per heavy atom. The largest absolute Gasteiger partial charge is 0.310 e. The number of anilines is 12. The minimum atomic E-state index is 1.07. The van der Waals surface area contributed by atoms with Crippen molar-refractivity contribution in [2.75, 3.05) is 19.6 Å². The molecule has 4 nitrogen and oxygen atoms in total. The molecule has 0 fully saturated rings. The molecule has 0 N–H and O–H groups in total. The zero-order valence-corrected chi connectivity index (χ0v) is 42.8. The van der Waals surface area contributed by atoms with Crippen LogP contribution in [0.2, 0.25) is 0 Å². The van der Waals surface area contributed by atoms with Gasteiger partial charge in [0.05, 0.1) is 0 Å². The van der Waals surface area contributed by atoms with E-state index in [0.717, 1.165) is 68.2 Å². The molecule has 368 valence electrons. The van der Waals surface area contributed by atoms with Gasteiger partial charge in [-0.1, -0.05) is 170 Å². The number of rotatable bonds is 12. The third kappa shape index (κ3) is 8.30. The molecule has 0 amide bonds. The second kappa shape index (κ2) is 20.0. The molecule has 0 aliphatic rings. The molecule has 0 saturated heterocycles. The van der Waals surface area contributed by atoms with Crippen molar-refractivity contribution in [3.05, 3.63) is 315 Å². The molecule has 4 heteroatoms. The lowest BCUT2D eigenvalue weighted by Crippen LogP contribution is -2.10. The van der Waals surface area contributed by atoms with E-state index in [1.807, 2.05) is 0 Å². The van der Waals surface area contributed by atoms with Crippen molar-refractivity contribution in [2.45, 2.75) is 0 Å². The quantitative estimate of drug-likeness (QED) is 0.113. The number of hydrogen-bond acceptors (Lipinski definition) is 4. The number of nitrogens with zero attached hydrogens (tertiary/aromatic N) is 4. The van der Waals surface area contributed by atoms with Crippen LogP contribution in [0, 0.1) is 0 Å². The van der Waals surface area contributed by atoms with E-state index >= 15 is 0 Å². The van der Waals surface area contributed by atoms with E-state index in [0.29, 0.717) is 0 Å². The molecule has 14 aromatic carbocycles. The Kier molecular flexibility index (Phi) is 11.8. The van der Waals surface area contributed by atoms with Crippen LogP contribution >= 0.6 is 0 Å². The lowest BCUT2D eigenvalue weighted by molar-refractivity contribution is 1.29. The molecule has 14 aromatic rings. The second-order valence-corrected chi connectivity index (χ2v) is 19.7. The molecule has 0 aromatic heterocycles. The molecule has 0 radical (unpaired) electrons. The molecule has 0 spiro atoms. The minimum absolute atomic E-state index is 1.07. The fourth-order valence-corrected chi connectivity index (χ4v) is 11.7. The predicted molar refractivity (Wildman–Crippen MR) is 333 cm³/mol. The van der Waals surface area contributed by atoms with Gasteiger partial charge in [-0.25, -0.2) is 0 Å². The predicted octanol–water partition coefficient (Wildman–Crippen LogP) is 21.3. The Hall–Kier alpha value is -10.4. The van der Waals surface area contributed by atoms with E-state index in [4.69, 9.17) is 0 Å². The van der Waals surface area contributed by atoms with Crippen molar-refractivity contribution >= 4 is 122 Å². The van der Waals surface area contributed by atoms with Gasteiger partial charge in [0.25, 0.3) is 0 Å². The molecule has 0 heterocycles. The molecule has 0 saturated carbocycles. The van der Waals surface area contributed by atoms with Crippen molar-refractivity contribution in [3.63, 3.8) is 0 Å². The number of fused-ring (bicyclic) bond motifs is 11. The summed E-state index contributed by atoms with van der Waals surface area (Å²) in [6, 6.07) is 114. The Balaban J connectivity index is 1.14. The Labute approximate surface area is 454 Å². The van der Waals surface area contributed by atoms with E-state index in [-0.39, 0.29) is 0 Å². The molecule has 0 aliphatic carbocycles. The van der Waals surface area contributed by atoms with E-state index in [1.165, 1.54) is 53.9 Å².